The molecule has 3 nitrogen and oxygen atoms in total. The quantitative estimate of drug-likeness (QED) is 0.447. The fourth-order valence-corrected chi connectivity index (χ4v) is 1.08. The van der Waals surface area contributed by atoms with E-state index in [1.54, 1.807) is 0 Å². The SMILES string of the molecule is O=C(Cl)CC1CCC(=O)O1. The number of cyclic esters (lactones) is 1. The Morgan fingerprint density at radius 1 is 1.80 bits per heavy atom. The Labute approximate surface area is 63.3 Å². The monoisotopic (exact) mass is 162 g/mol. The highest BCUT2D eigenvalue weighted by atomic mass is 35.5. The van der Waals surface area contributed by atoms with Crippen LogP contribution in [0.2, 0.25) is 0 Å². The van der Waals surface area contributed by atoms with E-state index in [9.17, 15) is 9.59 Å². The molecule has 0 aromatic rings. The lowest BCUT2D eigenvalue weighted by Gasteiger charge is -2.03. The van der Waals surface area contributed by atoms with Crippen molar-refractivity contribution < 1.29 is 14.3 Å². The van der Waals surface area contributed by atoms with Gasteiger partial charge in [-0.3, -0.25) is 9.59 Å². The molecule has 0 radical (unpaired) electrons. The minimum absolute atomic E-state index is 0.146. The molecule has 56 valence electrons. The molecule has 4 heteroatoms. The minimum Gasteiger partial charge on any atom is -0.462 e. The van der Waals surface area contributed by atoms with Crippen molar-refractivity contribution in [2.75, 3.05) is 0 Å². The van der Waals surface area contributed by atoms with E-state index in [4.69, 9.17) is 16.3 Å². The number of ether oxygens (including phenoxy) is 1. The summed E-state index contributed by atoms with van der Waals surface area (Å²) in [6.45, 7) is 0. The number of carbonyl (C=O) groups excluding carboxylic acids is 2. The molecule has 0 bridgehead atoms. The highest BCUT2D eigenvalue weighted by Gasteiger charge is 2.24. The summed E-state index contributed by atoms with van der Waals surface area (Å²) >= 11 is 5.08. The van der Waals surface area contributed by atoms with Gasteiger partial charge >= 0.3 is 5.97 Å². The van der Waals surface area contributed by atoms with Crippen LogP contribution >= 0.6 is 11.6 Å². The van der Waals surface area contributed by atoms with Gasteiger partial charge in [0.1, 0.15) is 6.10 Å². The van der Waals surface area contributed by atoms with Crippen LogP contribution in [-0.4, -0.2) is 17.3 Å². The molecule has 1 aliphatic heterocycles. The third kappa shape index (κ3) is 1.99. The number of rotatable bonds is 2. The van der Waals surface area contributed by atoms with Crippen LogP contribution in [0.15, 0.2) is 0 Å². The summed E-state index contributed by atoms with van der Waals surface area (Å²) in [4.78, 5) is 20.7. The summed E-state index contributed by atoms with van der Waals surface area (Å²) in [7, 11) is 0. The summed E-state index contributed by atoms with van der Waals surface area (Å²) in [5.41, 5.74) is 0. The lowest BCUT2D eigenvalue weighted by atomic mass is 10.2. The van der Waals surface area contributed by atoms with Gasteiger partial charge < -0.3 is 4.74 Å². The number of esters is 1. The third-order valence-corrected chi connectivity index (χ3v) is 1.51. The highest BCUT2D eigenvalue weighted by Crippen LogP contribution is 2.17. The van der Waals surface area contributed by atoms with Crippen molar-refractivity contribution >= 4 is 22.8 Å². The second-order valence-electron chi connectivity index (χ2n) is 2.21. The van der Waals surface area contributed by atoms with Crippen LogP contribution in [0.4, 0.5) is 0 Å². The Balaban J connectivity index is 2.31. The number of halogens is 1. The molecule has 1 unspecified atom stereocenters. The first-order valence-corrected chi connectivity index (χ1v) is 3.44. The number of carbonyl (C=O) groups is 2. The first kappa shape index (κ1) is 7.54. The van der Waals surface area contributed by atoms with Crippen LogP contribution in [0.1, 0.15) is 19.3 Å². The van der Waals surface area contributed by atoms with Gasteiger partial charge in [0.15, 0.2) is 0 Å². The van der Waals surface area contributed by atoms with Crippen LogP contribution in [0.5, 0.6) is 0 Å². The minimum atomic E-state index is -0.445. The Kier molecular flexibility index (Phi) is 2.27. The molecule has 1 aliphatic rings. The van der Waals surface area contributed by atoms with E-state index in [0.29, 0.717) is 12.8 Å². The fourth-order valence-electron chi connectivity index (χ4n) is 0.905. The lowest BCUT2D eigenvalue weighted by Crippen LogP contribution is -2.09. The Hall–Kier alpha value is -0.570. The van der Waals surface area contributed by atoms with E-state index in [-0.39, 0.29) is 18.5 Å². The van der Waals surface area contributed by atoms with Gasteiger partial charge in [0, 0.05) is 6.42 Å². The molecular formula is C6H7ClO3. The molecule has 1 fully saturated rings. The lowest BCUT2D eigenvalue weighted by molar-refractivity contribution is -0.141. The van der Waals surface area contributed by atoms with Crippen molar-refractivity contribution in [3.8, 4) is 0 Å². The number of hydrogen-bond donors (Lipinski definition) is 0. The van der Waals surface area contributed by atoms with E-state index in [2.05, 4.69) is 0 Å². The number of hydrogen-bond acceptors (Lipinski definition) is 3. The molecule has 10 heavy (non-hydrogen) atoms. The zero-order chi connectivity index (χ0) is 7.56. The van der Waals surface area contributed by atoms with Gasteiger partial charge in [-0.2, -0.15) is 0 Å². The Morgan fingerprint density at radius 2 is 2.50 bits per heavy atom. The summed E-state index contributed by atoms with van der Waals surface area (Å²) in [6.07, 6.45) is 0.914. The molecular weight excluding hydrogens is 156 g/mol. The average molecular weight is 163 g/mol. The molecule has 0 amide bonds. The van der Waals surface area contributed by atoms with Crippen molar-refractivity contribution in [3.05, 3.63) is 0 Å². The van der Waals surface area contributed by atoms with Gasteiger partial charge in [0.2, 0.25) is 5.24 Å². The van der Waals surface area contributed by atoms with Gasteiger partial charge in [-0.05, 0) is 18.0 Å². The molecule has 1 atom stereocenters. The van der Waals surface area contributed by atoms with Gasteiger partial charge in [-0.1, -0.05) is 0 Å². The molecule has 1 saturated heterocycles. The summed E-state index contributed by atoms with van der Waals surface area (Å²) < 4.78 is 4.73. The first-order chi connectivity index (χ1) is 4.68. The molecule has 0 N–H and O–H groups in total. The van der Waals surface area contributed by atoms with Crippen molar-refractivity contribution in [3.63, 3.8) is 0 Å². The van der Waals surface area contributed by atoms with Crippen molar-refractivity contribution in [1.82, 2.24) is 0 Å². The molecule has 1 heterocycles. The van der Waals surface area contributed by atoms with Crippen LogP contribution in [0, 0.1) is 0 Å². The van der Waals surface area contributed by atoms with Crippen LogP contribution < -0.4 is 0 Å². The largest absolute Gasteiger partial charge is 0.462 e. The first-order valence-electron chi connectivity index (χ1n) is 3.06. The topological polar surface area (TPSA) is 43.4 Å². The molecule has 0 spiro atoms. The van der Waals surface area contributed by atoms with Crippen LogP contribution in [-0.2, 0) is 14.3 Å². The Morgan fingerprint density at radius 3 is 2.90 bits per heavy atom. The van der Waals surface area contributed by atoms with E-state index in [1.165, 1.54) is 0 Å². The van der Waals surface area contributed by atoms with Crippen molar-refractivity contribution in [2.45, 2.75) is 25.4 Å². The second kappa shape index (κ2) is 3.01. The highest BCUT2D eigenvalue weighted by molar-refractivity contribution is 6.63. The predicted molar refractivity (Wildman–Crippen MR) is 34.6 cm³/mol. The zero-order valence-corrected chi connectivity index (χ0v) is 6.06. The summed E-state index contributed by atoms with van der Waals surface area (Å²) in [5, 5.41) is -0.445. The van der Waals surface area contributed by atoms with Gasteiger partial charge in [-0.15, -0.1) is 0 Å². The van der Waals surface area contributed by atoms with Gasteiger partial charge in [0.25, 0.3) is 0 Å². The second-order valence-corrected chi connectivity index (χ2v) is 2.63. The van der Waals surface area contributed by atoms with Gasteiger partial charge in [0.05, 0.1) is 6.42 Å². The molecule has 0 aromatic heterocycles. The van der Waals surface area contributed by atoms with E-state index in [1.807, 2.05) is 0 Å². The standard InChI is InChI=1S/C6H7ClO3/c7-5(8)3-4-1-2-6(9)10-4/h4H,1-3H2. The normalized spacial score (nSPS) is 24.5. The van der Waals surface area contributed by atoms with E-state index < -0.39 is 5.24 Å². The van der Waals surface area contributed by atoms with Gasteiger partial charge in [-0.25, -0.2) is 0 Å². The maximum atomic E-state index is 10.5. The van der Waals surface area contributed by atoms with Crippen LogP contribution in [0.25, 0.3) is 0 Å². The predicted octanol–water partition coefficient (Wildman–Crippen LogP) is 0.847. The maximum absolute atomic E-state index is 10.5. The fraction of sp³-hybridized carbons (Fsp3) is 0.667. The van der Waals surface area contributed by atoms with Crippen LogP contribution in [0.3, 0.4) is 0 Å². The Bertz CT molecular complexity index is 166. The third-order valence-electron chi connectivity index (χ3n) is 1.36. The smallest absolute Gasteiger partial charge is 0.306 e. The maximum Gasteiger partial charge on any atom is 0.306 e. The zero-order valence-electron chi connectivity index (χ0n) is 5.30. The molecule has 0 aromatic carbocycles. The molecule has 1 rings (SSSR count). The molecule has 0 saturated carbocycles. The summed E-state index contributed by atoms with van der Waals surface area (Å²) in [5.74, 6) is -0.233. The average Bonchev–Trinajstić information content (AvgIpc) is 2.13. The van der Waals surface area contributed by atoms with Crippen molar-refractivity contribution in [1.29, 1.82) is 0 Å². The van der Waals surface area contributed by atoms with Crippen molar-refractivity contribution in [2.24, 2.45) is 0 Å². The van der Waals surface area contributed by atoms with E-state index in [0.717, 1.165) is 0 Å². The summed E-state index contributed by atoms with van der Waals surface area (Å²) in [6, 6.07) is 0. The molecule has 0 aliphatic carbocycles. The van der Waals surface area contributed by atoms with E-state index >= 15 is 0 Å².